The Morgan fingerprint density at radius 2 is 1.00 bits per heavy atom. The Kier molecular flexibility index (Phi) is 43.7. The summed E-state index contributed by atoms with van der Waals surface area (Å²) in [6.45, 7) is 5.72. The molecule has 0 aromatic rings. The van der Waals surface area contributed by atoms with Crippen LogP contribution < -0.4 is 5.32 Å². The van der Waals surface area contributed by atoms with Crippen LogP contribution in [-0.2, 0) is 23.8 Å². The highest BCUT2D eigenvalue weighted by atomic mass is 16.7. The van der Waals surface area contributed by atoms with Crippen LogP contribution in [0.15, 0.2) is 48.6 Å². The van der Waals surface area contributed by atoms with Crippen LogP contribution in [0.4, 0.5) is 0 Å². The largest absolute Gasteiger partial charge is 0.454 e. The van der Waals surface area contributed by atoms with Crippen molar-refractivity contribution in [2.75, 3.05) is 13.2 Å². The molecule has 0 bridgehead atoms. The average Bonchev–Trinajstić information content (AvgIpc) is 3.34. The molecule has 0 aromatic carbocycles. The van der Waals surface area contributed by atoms with Crippen molar-refractivity contribution in [3.05, 3.63) is 48.6 Å². The standard InChI is InChI=1S/C58H105NO10/c1-4-7-10-13-16-19-22-24-25-26-28-30-33-36-39-42-45-51(62)57(66)59-49(50(61)44-41-38-35-32-29-21-18-15-12-9-6-3)48-67-58-56(55(65)54(64)52(47-60)68-58)69-53(63)46-43-40-37-34-31-27-23-20-17-14-11-8-5-2/h24-25,27,31,37,40-41,44,49-52,54-56,58,60-62,64-65H,4-23,26,28-30,32-36,38-39,42-43,45-48H2,1-3H3,(H,59,66)/b25-24+,31-27-,40-37+,44-41+. The van der Waals surface area contributed by atoms with Crippen LogP contribution >= 0.6 is 0 Å². The van der Waals surface area contributed by atoms with E-state index < -0.39 is 67.4 Å². The van der Waals surface area contributed by atoms with Crippen molar-refractivity contribution in [1.82, 2.24) is 5.32 Å². The molecule has 8 atom stereocenters. The fourth-order valence-corrected chi connectivity index (χ4v) is 8.64. The predicted octanol–water partition coefficient (Wildman–Crippen LogP) is 12.5. The Morgan fingerprint density at radius 3 is 1.49 bits per heavy atom. The molecule has 0 aromatic heterocycles. The van der Waals surface area contributed by atoms with Crippen LogP contribution in [0.3, 0.4) is 0 Å². The van der Waals surface area contributed by atoms with Crippen molar-refractivity contribution in [1.29, 1.82) is 0 Å². The minimum Gasteiger partial charge on any atom is -0.454 e. The average molecular weight is 976 g/mol. The molecule has 8 unspecified atom stereocenters. The third kappa shape index (κ3) is 35.4. The highest BCUT2D eigenvalue weighted by Crippen LogP contribution is 2.26. The molecule has 11 nitrogen and oxygen atoms in total. The first-order valence-electron chi connectivity index (χ1n) is 28.4. The number of rotatable bonds is 47. The van der Waals surface area contributed by atoms with Gasteiger partial charge in [0.25, 0.3) is 0 Å². The van der Waals surface area contributed by atoms with Gasteiger partial charge in [0.15, 0.2) is 12.4 Å². The van der Waals surface area contributed by atoms with Gasteiger partial charge in [-0.1, -0.05) is 217 Å². The maximum absolute atomic E-state index is 13.4. The molecule has 1 saturated heterocycles. The van der Waals surface area contributed by atoms with Crippen molar-refractivity contribution in [3.8, 4) is 0 Å². The molecule has 69 heavy (non-hydrogen) atoms. The number of nitrogens with one attached hydrogen (secondary N) is 1. The molecule has 11 heteroatoms. The third-order valence-electron chi connectivity index (χ3n) is 13.2. The monoisotopic (exact) mass is 976 g/mol. The van der Waals surface area contributed by atoms with E-state index in [-0.39, 0.29) is 19.4 Å². The maximum Gasteiger partial charge on any atom is 0.306 e. The lowest BCUT2D eigenvalue weighted by Gasteiger charge is -2.41. The van der Waals surface area contributed by atoms with Gasteiger partial charge in [-0.05, 0) is 70.6 Å². The van der Waals surface area contributed by atoms with Crippen LogP contribution in [0, 0.1) is 0 Å². The second-order valence-electron chi connectivity index (χ2n) is 19.7. The molecule has 1 amide bonds. The summed E-state index contributed by atoms with van der Waals surface area (Å²) in [6, 6.07) is -1.03. The predicted molar refractivity (Wildman–Crippen MR) is 283 cm³/mol. The number of aliphatic hydroxyl groups excluding tert-OH is 5. The zero-order valence-electron chi connectivity index (χ0n) is 44.2. The SMILES string of the molecule is CCCCCCCC/C=C\C/C=C/CCC(=O)OC1C(OCC(NC(=O)C(O)CCCCCCCC/C=C/CCCCCCCC)C(O)/C=C/CCCCCCCCCCC)OC(CO)C(O)C1O. The normalized spacial score (nSPS) is 20.1. The second-order valence-corrected chi connectivity index (χ2v) is 19.7. The summed E-state index contributed by atoms with van der Waals surface area (Å²) in [6.07, 6.45) is 44.6. The number of carbonyl (C=O) groups excluding carboxylic acids is 2. The van der Waals surface area contributed by atoms with Crippen molar-refractivity contribution in [2.24, 2.45) is 0 Å². The van der Waals surface area contributed by atoms with Crippen molar-refractivity contribution in [2.45, 2.75) is 294 Å². The molecular weight excluding hydrogens is 871 g/mol. The van der Waals surface area contributed by atoms with Crippen molar-refractivity contribution in [3.63, 3.8) is 0 Å². The van der Waals surface area contributed by atoms with E-state index in [0.717, 1.165) is 64.2 Å². The van der Waals surface area contributed by atoms with Crippen molar-refractivity contribution < 1.29 is 49.3 Å². The molecule has 1 heterocycles. The first-order valence-corrected chi connectivity index (χ1v) is 28.4. The quantitative estimate of drug-likeness (QED) is 0.0196. The van der Waals surface area contributed by atoms with Gasteiger partial charge in [-0.15, -0.1) is 0 Å². The second kappa shape index (κ2) is 46.7. The Bertz CT molecular complexity index is 1300. The van der Waals surface area contributed by atoms with Gasteiger partial charge in [-0.25, -0.2) is 0 Å². The number of allylic oxidation sites excluding steroid dienone is 7. The molecule has 0 radical (unpaired) electrons. The number of unbranched alkanes of at least 4 members (excludes halogenated alkanes) is 27. The van der Waals surface area contributed by atoms with E-state index in [1.165, 1.54) is 135 Å². The van der Waals surface area contributed by atoms with Gasteiger partial charge >= 0.3 is 5.97 Å². The van der Waals surface area contributed by atoms with Crippen LogP contribution in [0.25, 0.3) is 0 Å². The van der Waals surface area contributed by atoms with Gasteiger partial charge in [0.2, 0.25) is 5.91 Å². The van der Waals surface area contributed by atoms with Gasteiger partial charge in [-0.3, -0.25) is 9.59 Å². The highest BCUT2D eigenvalue weighted by molar-refractivity contribution is 5.80. The lowest BCUT2D eigenvalue weighted by Crippen LogP contribution is -2.61. The fourth-order valence-electron chi connectivity index (χ4n) is 8.64. The summed E-state index contributed by atoms with van der Waals surface area (Å²) in [4.78, 5) is 26.4. The van der Waals surface area contributed by atoms with Crippen LogP contribution in [0.5, 0.6) is 0 Å². The van der Waals surface area contributed by atoms with Gasteiger partial charge in [-0.2, -0.15) is 0 Å². The Morgan fingerprint density at radius 1 is 0.565 bits per heavy atom. The number of esters is 1. The number of ether oxygens (including phenoxy) is 3. The molecule has 6 N–H and O–H groups in total. The van der Waals surface area contributed by atoms with E-state index in [2.05, 4.69) is 50.4 Å². The molecule has 1 fully saturated rings. The van der Waals surface area contributed by atoms with Gasteiger partial charge in [0.1, 0.15) is 24.4 Å². The molecular formula is C58H105NO10. The van der Waals surface area contributed by atoms with Crippen LogP contribution in [0.2, 0.25) is 0 Å². The summed E-state index contributed by atoms with van der Waals surface area (Å²) in [7, 11) is 0. The first kappa shape index (κ1) is 64.6. The van der Waals surface area contributed by atoms with E-state index in [0.29, 0.717) is 12.8 Å². The number of aliphatic hydroxyl groups is 5. The topological polar surface area (TPSA) is 175 Å². The third-order valence-corrected chi connectivity index (χ3v) is 13.2. The van der Waals surface area contributed by atoms with Gasteiger partial charge < -0.3 is 45.1 Å². The molecule has 0 aliphatic carbocycles. The number of hydrogen-bond acceptors (Lipinski definition) is 10. The van der Waals surface area contributed by atoms with E-state index in [1.807, 2.05) is 18.2 Å². The maximum atomic E-state index is 13.4. The Balaban J connectivity index is 2.76. The van der Waals surface area contributed by atoms with Gasteiger partial charge in [0, 0.05) is 6.42 Å². The van der Waals surface area contributed by atoms with E-state index >= 15 is 0 Å². The number of carbonyl (C=O) groups is 2. The van der Waals surface area contributed by atoms with Crippen molar-refractivity contribution >= 4 is 11.9 Å². The molecule has 1 aliphatic rings. The summed E-state index contributed by atoms with van der Waals surface area (Å²) >= 11 is 0. The molecule has 402 valence electrons. The minimum absolute atomic E-state index is 0.0173. The molecule has 0 saturated carbocycles. The van der Waals surface area contributed by atoms with E-state index in [1.54, 1.807) is 6.08 Å². The lowest BCUT2D eigenvalue weighted by molar-refractivity contribution is -0.305. The minimum atomic E-state index is -1.63. The molecule has 1 aliphatic heterocycles. The smallest absolute Gasteiger partial charge is 0.306 e. The molecule has 0 spiro atoms. The summed E-state index contributed by atoms with van der Waals surface area (Å²) in [5.41, 5.74) is 0. The summed E-state index contributed by atoms with van der Waals surface area (Å²) in [5.74, 6) is -1.27. The van der Waals surface area contributed by atoms with E-state index in [9.17, 15) is 35.1 Å². The first-order chi connectivity index (χ1) is 33.7. The summed E-state index contributed by atoms with van der Waals surface area (Å²) < 4.78 is 17.5. The number of amides is 1. The lowest BCUT2D eigenvalue weighted by atomic mass is 9.99. The van der Waals surface area contributed by atoms with E-state index in [4.69, 9.17) is 14.2 Å². The molecule has 1 rings (SSSR count). The van der Waals surface area contributed by atoms with Gasteiger partial charge in [0.05, 0.1) is 25.4 Å². The van der Waals surface area contributed by atoms with Crippen LogP contribution in [0.1, 0.15) is 245 Å². The fraction of sp³-hybridized carbons (Fsp3) is 0.828. The Labute approximate surface area is 421 Å². The zero-order valence-corrected chi connectivity index (χ0v) is 44.2. The van der Waals surface area contributed by atoms with Crippen LogP contribution in [-0.4, -0.2) is 99.6 Å². The zero-order chi connectivity index (χ0) is 50.4. The number of hydrogen-bond donors (Lipinski definition) is 6. The Hall–Kier alpha value is -2.38. The summed E-state index contributed by atoms with van der Waals surface area (Å²) in [5, 5.41) is 56.7. The highest BCUT2D eigenvalue weighted by Gasteiger charge is 2.47.